The van der Waals surface area contributed by atoms with Crippen molar-refractivity contribution in [3.8, 4) is 0 Å². The molecule has 1 saturated heterocycles. The van der Waals surface area contributed by atoms with Crippen molar-refractivity contribution in [2.75, 3.05) is 39.5 Å². The van der Waals surface area contributed by atoms with E-state index in [2.05, 4.69) is 27.6 Å². The highest BCUT2D eigenvalue weighted by molar-refractivity contribution is 8.13. The first-order chi connectivity index (χ1) is 7.81. The van der Waals surface area contributed by atoms with Crippen LogP contribution in [-0.4, -0.2) is 54.4 Å². The third kappa shape index (κ3) is 4.18. The smallest absolute Gasteiger partial charge is 0.162 e. The predicted octanol–water partition coefficient (Wildman–Crippen LogP) is 2.27. The Hall–Kier alpha value is -0.480. The van der Waals surface area contributed by atoms with Gasteiger partial charge in [-0.25, -0.2) is 0 Å². The predicted molar refractivity (Wildman–Crippen MR) is 74.1 cm³/mol. The average molecular weight is 241 g/mol. The van der Waals surface area contributed by atoms with E-state index >= 15 is 0 Å². The maximum atomic E-state index is 4.26. The standard InChI is InChI=1S/C12H23N3S/c1-4-15(12(13-2)16-3)11-10-14-8-6-5-7-9-14/h4H,1,5-11H2,2-3H3. The minimum Gasteiger partial charge on any atom is -0.327 e. The number of nitrogens with zero attached hydrogens (tertiary/aromatic N) is 3. The van der Waals surface area contributed by atoms with Crippen LogP contribution in [-0.2, 0) is 0 Å². The van der Waals surface area contributed by atoms with Gasteiger partial charge in [0.15, 0.2) is 5.17 Å². The molecule has 1 fully saturated rings. The van der Waals surface area contributed by atoms with Gasteiger partial charge in [-0.05, 0) is 38.4 Å². The van der Waals surface area contributed by atoms with E-state index < -0.39 is 0 Å². The quantitative estimate of drug-likeness (QED) is 0.556. The molecule has 0 aromatic heterocycles. The second-order valence-electron chi connectivity index (χ2n) is 3.99. The fourth-order valence-corrected chi connectivity index (χ4v) is 2.62. The van der Waals surface area contributed by atoms with Gasteiger partial charge in [0, 0.05) is 20.1 Å². The van der Waals surface area contributed by atoms with Gasteiger partial charge in [-0.3, -0.25) is 4.99 Å². The van der Waals surface area contributed by atoms with Crippen LogP contribution in [0.4, 0.5) is 0 Å². The molecule has 0 amide bonds. The number of hydrogen-bond donors (Lipinski definition) is 0. The van der Waals surface area contributed by atoms with Gasteiger partial charge in [-0.2, -0.15) is 0 Å². The first kappa shape index (κ1) is 13.6. The Balaban J connectivity index is 2.35. The second kappa shape index (κ2) is 7.74. The van der Waals surface area contributed by atoms with Crippen LogP contribution in [0, 0.1) is 0 Å². The Morgan fingerprint density at radius 2 is 2.12 bits per heavy atom. The Morgan fingerprint density at radius 1 is 1.44 bits per heavy atom. The number of amidine groups is 1. The van der Waals surface area contributed by atoms with Crippen molar-refractivity contribution in [2.45, 2.75) is 19.3 Å². The molecule has 3 nitrogen and oxygen atoms in total. The minimum absolute atomic E-state index is 0.997. The molecule has 1 aliphatic rings. The molecular formula is C12H23N3S. The lowest BCUT2D eigenvalue weighted by atomic mass is 10.1. The number of hydrogen-bond acceptors (Lipinski definition) is 3. The molecule has 0 saturated carbocycles. The van der Waals surface area contributed by atoms with Crippen LogP contribution < -0.4 is 0 Å². The first-order valence-electron chi connectivity index (χ1n) is 5.94. The molecule has 92 valence electrons. The van der Waals surface area contributed by atoms with Gasteiger partial charge in [0.25, 0.3) is 0 Å². The molecule has 0 bridgehead atoms. The van der Waals surface area contributed by atoms with Crippen LogP contribution in [0.25, 0.3) is 0 Å². The number of likely N-dealkylation sites (tertiary alicyclic amines) is 1. The molecule has 0 unspecified atom stereocenters. The van der Waals surface area contributed by atoms with Gasteiger partial charge in [-0.15, -0.1) is 0 Å². The van der Waals surface area contributed by atoms with Crippen molar-refractivity contribution < 1.29 is 0 Å². The van der Waals surface area contributed by atoms with Gasteiger partial charge in [-0.1, -0.05) is 24.8 Å². The number of rotatable bonds is 4. The monoisotopic (exact) mass is 241 g/mol. The summed E-state index contributed by atoms with van der Waals surface area (Å²) in [6.07, 6.45) is 8.04. The highest BCUT2D eigenvalue weighted by Gasteiger charge is 2.12. The summed E-state index contributed by atoms with van der Waals surface area (Å²) in [7, 11) is 1.84. The lowest BCUT2D eigenvalue weighted by molar-refractivity contribution is 0.220. The summed E-state index contributed by atoms with van der Waals surface area (Å²) in [6.45, 7) is 8.47. The Morgan fingerprint density at radius 3 is 2.62 bits per heavy atom. The van der Waals surface area contributed by atoms with E-state index in [1.54, 1.807) is 11.8 Å². The molecule has 0 radical (unpaired) electrons. The van der Waals surface area contributed by atoms with Crippen molar-refractivity contribution in [2.24, 2.45) is 4.99 Å². The Labute approximate surface area is 104 Å². The van der Waals surface area contributed by atoms with Crippen molar-refractivity contribution in [3.05, 3.63) is 12.8 Å². The van der Waals surface area contributed by atoms with Crippen molar-refractivity contribution in [3.63, 3.8) is 0 Å². The van der Waals surface area contributed by atoms with Crippen LogP contribution in [0.1, 0.15) is 19.3 Å². The van der Waals surface area contributed by atoms with Gasteiger partial charge in [0.05, 0.1) is 0 Å². The molecule has 1 rings (SSSR count). The zero-order chi connectivity index (χ0) is 11.8. The SMILES string of the molecule is C=CN(CCN1CCCCC1)C(=NC)SC. The molecule has 4 heteroatoms. The Kier molecular flexibility index (Phi) is 6.57. The number of thioether (sulfide) groups is 1. The zero-order valence-electron chi connectivity index (χ0n) is 10.5. The van der Waals surface area contributed by atoms with Gasteiger partial charge in [0.1, 0.15) is 0 Å². The summed E-state index contributed by atoms with van der Waals surface area (Å²) < 4.78 is 0. The molecule has 0 atom stereocenters. The van der Waals surface area contributed by atoms with Crippen LogP contribution in [0.3, 0.4) is 0 Å². The molecule has 0 aromatic rings. The van der Waals surface area contributed by atoms with Gasteiger partial charge < -0.3 is 9.80 Å². The maximum absolute atomic E-state index is 4.26. The Bertz CT molecular complexity index is 234. The van der Waals surface area contributed by atoms with E-state index in [9.17, 15) is 0 Å². The molecule has 0 aliphatic carbocycles. The third-order valence-electron chi connectivity index (χ3n) is 2.95. The van der Waals surface area contributed by atoms with E-state index in [1.165, 1.54) is 32.4 Å². The van der Waals surface area contributed by atoms with E-state index in [-0.39, 0.29) is 0 Å². The average Bonchev–Trinajstić information content (AvgIpc) is 2.35. The summed E-state index contributed by atoms with van der Waals surface area (Å²) in [4.78, 5) is 8.93. The fourth-order valence-electron chi connectivity index (χ4n) is 2.03. The largest absolute Gasteiger partial charge is 0.327 e. The minimum atomic E-state index is 0.997. The molecule has 0 N–H and O–H groups in total. The van der Waals surface area contributed by atoms with Crippen molar-refractivity contribution in [1.29, 1.82) is 0 Å². The fraction of sp³-hybridized carbons (Fsp3) is 0.750. The van der Waals surface area contributed by atoms with E-state index in [0.29, 0.717) is 0 Å². The van der Waals surface area contributed by atoms with Gasteiger partial charge >= 0.3 is 0 Å². The summed E-state index contributed by atoms with van der Waals surface area (Å²) in [5, 5.41) is 1.05. The zero-order valence-corrected chi connectivity index (χ0v) is 11.3. The lowest BCUT2D eigenvalue weighted by Crippen LogP contribution is -2.37. The van der Waals surface area contributed by atoms with Crippen LogP contribution in [0.15, 0.2) is 17.8 Å². The van der Waals surface area contributed by atoms with Crippen molar-refractivity contribution in [1.82, 2.24) is 9.80 Å². The second-order valence-corrected chi connectivity index (χ2v) is 4.76. The van der Waals surface area contributed by atoms with Crippen LogP contribution in [0.5, 0.6) is 0 Å². The van der Waals surface area contributed by atoms with Crippen LogP contribution in [0.2, 0.25) is 0 Å². The van der Waals surface area contributed by atoms with E-state index in [1.807, 2.05) is 13.2 Å². The summed E-state index contributed by atoms with van der Waals surface area (Å²) in [5.74, 6) is 0. The highest BCUT2D eigenvalue weighted by Crippen LogP contribution is 2.10. The van der Waals surface area contributed by atoms with E-state index in [0.717, 1.165) is 18.3 Å². The summed E-state index contributed by atoms with van der Waals surface area (Å²) >= 11 is 1.68. The van der Waals surface area contributed by atoms with E-state index in [4.69, 9.17) is 0 Å². The number of piperidine rings is 1. The lowest BCUT2D eigenvalue weighted by Gasteiger charge is -2.29. The van der Waals surface area contributed by atoms with Gasteiger partial charge in [0.2, 0.25) is 0 Å². The molecule has 0 spiro atoms. The third-order valence-corrected chi connectivity index (χ3v) is 3.73. The molecule has 0 aromatic carbocycles. The molecule has 16 heavy (non-hydrogen) atoms. The summed E-state index contributed by atoms with van der Waals surface area (Å²) in [5.41, 5.74) is 0. The molecule has 1 heterocycles. The molecular weight excluding hydrogens is 218 g/mol. The number of aliphatic imine (C=N–C) groups is 1. The normalized spacial score (nSPS) is 18.5. The van der Waals surface area contributed by atoms with Crippen LogP contribution >= 0.6 is 11.8 Å². The van der Waals surface area contributed by atoms with Crippen molar-refractivity contribution >= 4 is 16.9 Å². The first-order valence-corrected chi connectivity index (χ1v) is 7.16. The maximum Gasteiger partial charge on any atom is 0.162 e. The highest BCUT2D eigenvalue weighted by atomic mass is 32.2. The summed E-state index contributed by atoms with van der Waals surface area (Å²) in [6, 6.07) is 0. The molecule has 1 aliphatic heterocycles. The topological polar surface area (TPSA) is 18.8 Å².